The van der Waals surface area contributed by atoms with E-state index in [1.54, 1.807) is 18.2 Å². The van der Waals surface area contributed by atoms with Gasteiger partial charge in [-0.15, -0.1) is 0 Å². The summed E-state index contributed by atoms with van der Waals surface area (Å²) in [6, 6.07) is 26.7. The van der Waals surface area contributed by atoms with Gasteiger partial charge < -0.3 is 9.15 Å². The summed E-state index contributed by atoms with van der Waals surface area (Å²) in [5, 5.41) is 9.08. The fourth-order valence-corrected chi connectivity index (χ4v) is 3.83. The second-order valence-electron chi connectivity index (χ2n) is 7.32. The number of fused-ring (bicyclic) bond motifs is 1. The largest absolute Gasteiger partial charge is 0.488 e. The molecule has 0 spiro atoms. The van der Waals surface area contributed by atoms with E-state index in [2.05, 4.69) is 10.2 Å². The lowest BCUT2D eigenvalue weighted by Gasteiger charge is -2.16. The average molecular weight is 396 g/mol. The molecule has 2 unspecified atom stereocenters. The van der Waals surface area contributed by atoms with Gasteiger partial charge in [0, 0.05) is 6.07 Å². The highest BCUT2D eigenvalue weighted by Gasteiger charge is 2.31. The molecule has 5 heteroatoms. The second kappa shape index (κ2) is 7.95. The molecule has 148 valence electrons. The van der Waals surface area contributed by atoms with Crippen molar-refractivity contribution in [3.8, 4) is 5.75 Å². The van der Waals surface area contributed by atoms with Crippen molar-refractivity contribution >= 4 is 11.0 Å². The van der Waals surface area contributed by atoms with Crippen LogP contribution in [0.25, 0.3) is 11.0 Å². The maximum atomic E-state index is 13.0. The monoisotopic (exact) mass is 396 g/mol. The molecular weight excluding hydrogens is 376 g/mol. The summed E-state index contributed by atoms with van der Waals surface area (Å²) in [5.41, 5.74) is 2.50. The molecule has 2 heterocycles. The Labute approximate surface area is 173 Å². The highest BCUT2D eigenvalue weighted by molar-refractivity contribution is 5.83. The number of benzene rings is 3. The van der Waals surface area contributed by atoms with Crippen LogP contribution in [0.2, 0.25) is 0 Å². The van der Waals surface area contributed by atoms with Gasteiger partial charge in [-0.25, -0.2) is 0 Å². The molecule has 5 rings (SSSR count). The Kier molecular flexibility index (Phi) is 4.85. The molecule has 0 bridgehead atoms. The van der Waals surface area contributed by atoms with Crippen LogP contribution in [-0.4, -0.2) is 6.54 Å². The molecule has 3 aromatic carbocycles. The van der Waals surface area contributed by atoms with Crippen molar-refractivity contribution in [2.75, 3.05) is 6.54 Å². The summed E-state index contributed by atoms with van der Waals surface area (Å²) in [4.78, 5) is 13.0. The fraction of sp³-hybridized carbons (Fsp3) is 0.160. The van der Waals surface area contributed by atoms with Crippen LogP contribution in [0.1, 0.15) is 28.8 Å². The van der Waals surface area contributed by atoms with E-state index in [-0.39, 0.29) is 17.4 Å². The van der Waals surface area contributed by atoms with Gasteiger partial charge in [0.25, 0.3) is 0 Å². The minimum atomic E-state index is -0.149. The van der Waals surface area contributed by atoms with Gasteiger partial charge in [-0.05, 0) is 23.3 Å². The summed E-state index contributed by atoms with van der Waals surface area (Å²) < 4.78 is 12.1. The topological polar surface area (TPSA) is 64.2 Å². The van der Waals surface area contributed by atoms with Crippen molar-refractivity contribution in [3.05, 3.63) is 112 Å². The van der Waals surface area contributed by atoms with E-state index in [9.17, 15) is 4.79 Å². The maximum absolute atomic E-state index is 13.0. The van der Waals surface area contributed by atoms with Crippen LogP contribution in [-0.2, 0) is 6.61 Å². The zero-order chi connectivity index (χ0) is 20.3. The third kappa shape index (κ3) is 3.50. The fourth-order valence-electron chi connectivity index (χ4n) is 3.83. The van der Waals surface area contributed by atoms with Crippen LogP contribution < -0.4 is 10.2 Å². The standard InChI is InChI=1S/C25H20N2O3/c28-20-14-23(19-15-26-27-25(19)18-10-5-2-6-11-18)30-22-13-7-12-21(24(20)22)29-16-17-8-3-1-4-9-17/h1-14,19,25H,15-16H2. The van der Waals surface area contributed by atoms with Crippen molar-refractivity contribution in [3.63, 3.8) is 0 Å². The summed E-state index contributed by atoms with van der Waals surface area (Å²) in [5.74, 6) is 1.03. The Hall–Kier alpha value is -3.73. The molecule has 0 fully saturated rings. The lowest BCUT2D eigenvalue weighted by Crippen LogP contribution is -2.12. The van der Waals surface area contributed by atoms with Crippen molar-refractivity contribution in [2.45, 2.75) is 18.6 Å². The number of hydrogen-bond donors (Lipinski definition) is 0. The number of ether oxygens (including phenoxy) is 1. The Morgan fingerprint density at radius 3 is 2.50 bits per heavy atom. The molecule has 0 radical (unpaired) electrons. The van der Waals surface area contributed by atoms with E-state index >= 15 is 0 Å². The first-order valence-electron chi connectivity index (χ1n) is 9.94. The van der Waals surface area contributed by atoms with Crippen LogP contribution in [0.3, 0.4) is 0 Å². The van der Waals surface area contributed by atoms with Gasteiger partial charge in [0.05, 0.1) is 12.5 Å². The van der Waals surface area contributed by atoms with Gasteiger partial charge >= 0.3 is 0 Å². The minimum absolute atomic E-state index is 0.0987. The van der Waals surface area contributed by atoms with E-state index in [4.69, 9.17) is 9.15 Å². The highest BCUT2D eigenvalue weighted by atomic mass is 16.5. The number of nitrogens with zero attached hydrogens (tertiary/aromatic N) is 2. The zero-order valence-electron chi connectivity index (χ0n) is 16.3. The van der Waals surface area contributed by atoms with Crippen molar-refractivity contribution in [2.24, 2.45) is 10.2 Å². The Morgan fingerprint density at radius 2 is 1.70 bits per heavy atom. The predicted octanol–water partition coefficient (Wildman–Crippen LogP) is 5.66. The molecule has 5 nitrogen and oxygen atoms in total. The summed E-state index contributed by atoms with van der Waals surface area (Å²) in [7, 11) is 0. The summed E-state index contributed by atoms with van der Waals surface area (Å²) in [6.07, 6.45) is 0. The van der Waals surface area contributed by atoms with Crippen LogP contribution in [0.15, 0.2) is 104 Å². The molecule has 0 amide bonds. The van der Waals surface area contributed by atoms with Gasteiger partial charge in [-0.2, -0.15) is 10.2 Å². The molecule has 1 aliphatic rings. The maximum Gasteiger partial charge on any atom is 0.196 e. The average Bonchev–Trinajstić information content (AvgIpc) is 3.29. The molecule has 30 heavy (non-hydrogen) atoms. The van der Waals surface area contributed by atoms with Crippen molar-refractivity contribution in [1.82, 2.24) is 0 Å². The van der Waals surface area contributed by atoms with Crippen molar-refractivity contribution < 1.29 is 9.15 Å². The quantitative estimate of drug-likeness (QED) is 0.437. The minimum Gasteiger partial charge on any atom is -0.488 e. The molecule has 0 saturated heterocycles. The van der Waals surface area contributed by atoms with Crippen LogP contribution in [0.5, 0.6) is 5.75 Å². The molecule has 4 aromatic rings. The first-order chi connectivity index (χ1) is 14.8. The van der Waals surface area contributed by atoms with Gasteiger partial charge in [-0.3, -0.25) is 4.79 Å². The van der Waals surface area contributed by atoms with E-state index in [1.165, 1.54) is 0 Å². The van der Waals surface area contributed by atoms with E-state index in [1.807, 2.05) is 66.7 Å². The summed E-state index contributed by atoms with van der Waals surface area (Å²) >= 11 is 0. The number of rotatable bonds is 5. The third-order valence-electron chi connectivity index (χ3n) is 5.34. The number of hydrogen-bond acceptors (Lipinski definition) is 5. The zero-order valence-corrected chi connectivity index (χ0v) is 16.3. The Bertz CT molecular complexity index is 1250. The van der Waals surface area contributed by atoms with E-state index < -0.39 is 0 Å². The first kappa shape index (κ1) is 18.3. The van der Waals surface area contributed by atoms with Gasteiger partial charge in [0.1, 0.15) is 35.1 Å². The van der Waals surface area contributed by atoms with Gasteiger partial charge in [-0.1, -0.05) is 66.7 Å². The third-order valence-corrected chi connectivity index (χ3v) is 5.34. The molecule has 0 saturated carbocycles. The van der Waals surface area contributed by atoms with Gasteiger partial charge in [0.2, 0.25) is 0 Å². The molecule has 1 aromatic heterocycles. The Morgan fingerprint density at radius 1 is 0.933 bits per heavy atom. The molecule has 1 aliphatic heterocycles. The lowest BCUT2D eigenvalue weighted by atomic mass is 9.92. The molecule has 0 aliphatic carbocycles. The van der Waals surface area contributed by atoms with E-state index in [0.717, 1.165) is 11.1 Å². The van der Waals surface area contributed by atoms with Gasteiger partial charge in [0.15, 0.2) is 5.43 Å². The molecule has 2 atom stereocenters. The SMILES string of the molecule is O=c1cc(C2CN=NC2c2ccccc2)oc2cccc(OCc3ccccc3)c12. The highest BCUT2D eigenvalue weighted by Crippen LogP contribution is 2.39. The number of azo groups is 1. The Balaban J connectivity index is 1.48. The van der Waals surface area contributed by atoms with Crippen LogP contribution >= 0.6 is 0 Å². The van der Waals surface area contributed by atoms with Crippen LogP contribution in [0, 0.1) is 0 Å². The van der Waals surface area contributed by atoms with Crippen LogP contribution in [0.4, 0.5) is 0 Å². The molecule has 0 N–H and O–H groups in total. The van der Waals surface area contributed by atoms with Crippen molar-refractivity contribution in [1.29, 1.82) is 0 Å². The normalized spacial score (nSPS) is 18.0. The summed E-state index contributed by atoms with van der Waals surface area (Å²) in [6.45, 7) is 0.885. The smallest absolute Gasteiger partial charge is 0.196 e. The lowest BCUT2D eigenvalue weighted by molar-refractivity contribution is 0.309. The first-order valence-corrected chi connectivity index (χ1v) is 9.94. The molecular formula is C25H20N2O3. The predicted molar refractivity (Wildman–Crippen MR) is 115 cm³/mol. The van der Waals surface area contributed by atoms with E-state index in [0.29, 0.717) is 35.6 Å². The second-order valence-corrected chi connectivity index (χ2v) is 7.32.